The monoisotopic (exact) mass is 424 g/mol. The highest BCUT2D eigenvalue weighted by Crippen LogP contribution is 2.31. The number of carbonyl (C=O) groups excluding carboxylic acids is 1. The Hall–Kier alpha value is -2.68. The summed E-state index contributed by atoms with van der Waals surface area (Å²) in [5.41, 5.74) is 3.35. The number of hydrazone groups is 1. The number of amides is 1. The summed E-state index contributed by atoms with van der Waals surface area (Å²) in [7, 11) is 0. The number of nitrogens with one attached hydrogen (secondary N) is 1. The van der Waals surface area contributed by atoms with Crippen molar-refractivity contribution in [2.45, 2.75) is 12.7 Å². The number of aromatic nitrogens is 2. The van der Waals surface area contributed by atoms with Crippen LogP contribution in [-0.2, 0) is 17.5 Å². The quantitative estimate of drug-likeness (QED) is 0.508. The zero-order valence-electron chi connectivity index (χ0n) is 13.2. The van der Waals surface area contributed by atoms with E-state index in [2.05, 4.69) is 31.4 Å². The van der Waals surface area contributed by atoms with Crippen molar-refractivity contribution in [1.29, 1.82) is 0 Å². The number of halogens is 4. The molecule has 3 rings (SSSR count). The first-order valence-electron chi connectivity index (χ1n) is 7.45. The molecular weight excluding hydrogens is 413 g/mol. The van der Waals surface area contributed by atoms with Crippen molar-refractivity contribution in [3.05, 3.63) is 64.4 Å². The summed E-state index contributed by atoms with van der Waals surface area (Å²) in [5, 5.41) is 3.79. The van der Waals surface area contributed by atoms with E-state index in [-0.39, 0.29) is 11.0 Å². The predicted molar refractivity (Wildman–Crippen MR) is 94.6 cm³/mol. The van der Waals surface area contributed by atoms with Gasteiger partial charge in [0.1, 0.15) is 6.54 Å². The minimum absolute atomic E-state index is 0.171. The molecule has 0 spiro atoms. The van der Waals surface area contributed by atoms with Gasteiger partial charge in [0.2, 0.25) is 5.82 Å². The Balaban J connectivity index is 1.80. The van der Waals surface area contributed by atoms with Crippen LogP contribution in [-0.4, -0.2) is 21.7 Å². The second-order valence-electron chi connectivity index (χ2n) is 5.32. The van der Waals surface area contributed by atoms with E-state index in [1.165, 1.54) is 18.3 Å². The molecule has 3 aromatic rings. The molecule has 1 heterocycles. The van der Waals surface area contributed by atoms with Crippen LogP contribution < -0.4 is 5.43 Å². The first kappa shape index (κ1) is 18.1. The van der Waals surface area contributed by atoms with Crippen LogP contribution >= 0.6 is 15.9 Å². The lowest BCUT2D eigenvalue weighted by Crippen LogP contribution is -2.26. The fourth-order valence-electron chi connectivity index (χ4n) is 2.38. The number of nitrogens with zero attached hydrogens (tertiary/aromatic N) is 3. The Morgan fingerprint density at radius 3 is 2.62 bits per heavy atom. The van der Waals surface area contributed by atoms with Crippen LogP contribution in [0.4, 0.5) is 13.2 Å². The van der Waals surface area contributed by atoms with Gasteiger partial charge < -0.3 is 4.57 Å². The van der Waals surface area contributed by atoms with Gasteiger partial charge in [-0.15, -0.1) is 0 Å². The summed E-state index contributed by atoms with van der Waals surface area (Å²) in [6.07, 6.45) is -3.27. The fraction of sp³-hybridized carbons (Fsp3) is 0.118. The number of hydrogen-bond acceptors (Lipinski definition) is 3. The van der Waals surface area contributed by atoms with E-state index < -0.39 is 24.5 Å². The summed E-state index contributed by atoms with van der Waals surface area (Å²) in [6.45, 7) is -0.553. The number of fused-ring (bicyclic) bond motifs is 1. The van der Waals surface area contributed by atoms with Crippen molar-refractivity contribution >= 4 is 39.1 Å². The summed E-state index contributed by atoms with van der Waals surface area (Å²) in [4.78, 5) is 15.6. The Morgan fingerprint density at radius 2 is 1.88 bits per heavy atom. The molecule has 0 saturated carbocycles. The molecule has 0 bridgehead atoms. The molecule has 0 aliphatic carbocycles. The average Bonchev–Trinajstić information content (AvgIpc) is 2.96. The van der Waals surface area contributed by atoms with Gasteiger partial charge in [0.25, 0.3) is 5.91 Å². The summed E-state index contributed by atoms with van der Waals surface area (Å²) in [6, 6.07) is 13.3. The molecule has 0 aliphatic rings. The highest BCUT2D eigenvalue weighted by molar-refractivity contribution is 9.10. The van der Waals surface area contributed by atoms with Crippen LogP contribution in [0.15, 0.2) is 58.1 Å². The molecule has 1 aromatic heterocycles. The van der Waals surface area contributed by atoms with E-state index in [9.17, 15) is 18.0 Å². The summed E-state index contributed by atoms with van der Waals surface area (Å²) in [5.74, 6) is -1.81. The van der Waals surface area contributed by atoms with E-state index in [0.29, 0.717) is 0 Å². The Kier molecular flexibility index (Phi) is 5.08. The lowest BCUT2D eigenvalue weighted by molar-refractivity contribution is -0.147. The number of carbonyl (C=O) groups is 1. The molecule has 0 atom stereocenters. The van der Waals surface area contributed by atoms with E-state index >= 15 is 0 Å². The molecular formula is C17H12BrF3N4O. The highest BCUT2D eigenvalue weighted by atomic mass is 79.9. The lowest BCUT2D eigenvalue weighted by Gasteiger charge is -2.10. The van der Waals surface area contributed by atoms with Crippen molar-refractivity contribution < 1.29 is 18.0 Å². The standard InChI is InChI=1S/C17H12BrF3N4O/c18-12-6-2-1-5-11(12)9-22-24-15(26)10-25-14-8-4-3-7-13(14)23-16(25)17(19,20)21/h1-9H,10H2,(H,24,26)/b22-9+. The largest absolute Gasteiger partial charge is 0.449 e. The number of imidazole rings is 1. The van der Waals surface area contributed by atoms with Gasteiger partial charge in [-0.05, 0) is 18.2 Å². The van der Waals surface area contributed by atoms with Gasteiger partial charge in [-0.3, -0.25) is 4.79 Å². The van der Waals surface area contributed by atoms with Gasteiger partial charge in [0, 0.05) is 10.0 Å². The van der Waals surface area contributed by atoms with Crippen LogP contribution in [0.3, 0.4) is 0 Å². The fourth-order valence-corrected chi connectivity index (χ4v) is 2.77. The smallest absolute Gasteiger partial charge is 0.311 e. The second kappa shape index (κ2) is 7.28. The topological polar surface area (TPSA) is 59.3 Å². The molecule has 9 heteroatoms. The van der Waals surface area contributed by atoms with Gasteiger partial charge >= 0.3 is 6.18 Å². The van der Waals surface area contributed by atoms with Crippen LogP contribution in [0, 0.1) is 0 Å². The minimum atomic E-state index is -4.67. The van der Waals surface area contributed by atoms with E-state index in [0.717, 1.165) is 14.6 Å². The van der Waals surface area contributed by atoms with Crippen molar-refractivity contribution in [1.82, 2.24) is 15.0 Å². The third-order valence-corrected chi connectivity index (χ3v) is 4.23. The minimum Gasteiger partial charge on any atom is -0.311 e. The van der Waals surface area contributed by atoms with Crippen molar-refractivity contribution in [2.75, 3.05) is 0 Å². The van der Waals surface area contributed by atoms with Gasteiger partial charge in [-0.1, -0.05) is 46.3 Å². The maximum Gasteiger partial charge on any atom is 0.449 e. The zero-order valence-corrected chi connectivity index (χ0v) is 14.8. The van der Waals surface area contributed by atoms with E-state index in [4.69, 9.17) is 0 Å². The van der Waals surface area contributed by atoms with Crippen molar-refractivity contribution in [2.24, 2.45) is 5.10 Å². The number of rotatable bonds is 4. The maximum absolute atomic E-state index is 13.2. The first-order chi connectivity index (χ1) is 12.4. The molecule has 0 radical (unpaired) electrons. The molecule has 0 fully saturated rings. The molecule has 26 heavy (non-hydrogen) atoms. The summed E-state index contributed by atoms with van der Waals surface area (Å²) >= 11 is 3.33. The van der Waals surface area contributed by atoms with Crippen molar-refractivity contribution in [3.8, 4) is 0 Å². The highest BCUT2D eigenvalue weighted by Gasteiger charge is 2.37. The maximum atomic E-state index is 13.2. The number of benzene rings is 2. The number of alkyl halides is 3. The van der Waals surface area contributed by atoms with Crippen LogP contribution in [0.5, 0.6) is 0 Å². The first-order valence-corrected chi connectivity index (χ1v) is 8.24. The molecule has 0 unspecified atom stereocenters. The summed E-state index contributed by atoms with van der Waals surface area (Å²) < 4.78 is 41.2. The molecule has 1 N–H and O–H groups in total. The number of hydrogen-bond donors (Lipinski definition) is 1. The SMILES string of the molecule is O=C(Cn1c(C(F)(F)F)nc2ccccc21)N/N=C/c1ccccc1Br. The van der Waals surface area contributed by atoms with Crippen molar-refractivity contribution in [3.63, 3.8) is 0 Å². The van der Waals surface area contributed by atoms with Gasteiger partial charge in [0.15, 0.2) is 0 Å². The van der Waals surface area contributed by atoms with Crippen LogP contribution in [0.1, 0.15) is 11.4 Å². The van der Waals surface area contributed by atoms with E-state index in [1.54, 1.807) is 30.3 Å². The Bertz CT molecular complexity index is 982. The van der Waals surface area contributed by atoms with Gasteiger partial charge in [-0.25, -0.2) is 10.4 Å². The van der Waals surface area contributed by atoms with E-state index in [1.807, 2.05) is 6.07 Å². The average molecular weight is 425 g/mol. The molecule has 0 saturated heterocycles. The van der Waals surface area contributed by atoms with Crippen LogP contribution in [0.25, 0.3) is 11.0 Å². The lowest BCUT2D eigenvalue weighted by atomic mass is 10.2. The Labute approximate surface area is 154 Å². The molecule has 1 amide bonds. The second-order valence-corrected chi connectivity index (χ2v) is 6.18. The molecule has 2 aromatic carbocycles. The number of para-hydroxylation sites is 2. The predicted octanol–water partition coefficient (Wildman–Crippen LogP) is 3.97. The normalized spacial score (nSPS) is 12.0. The van der Waals surface area contributed by atoms with Crippen LogP contribution in [0.2, 0.25) is 0 Å². The molecule has 5 nitrogen and oxygen atoms in total. The third kappa shape index (κ3) is 3.93. The molecule has 0 aliphatic heterocycles. The van der Waals surface area contributed by atoms with Gasteiger partial charge in [-0.2, -0.15) is 18.3 Å². The Morgan fingerprint density at radius 1 is 1.19 bits per heavy atom. The third-order valence-electron chi connectivity index (χ3n) is 3.51. The zero-order chi connectivity index (χ0) is 18.7. The van der Waals surface area contributed by atoms with Gasteiger partial charge in [0.05, 0.1) is 17.2 Å². The molecule has 134 valence electrons.